The van der Waals surface area contributed by atoms with Crippen LogP contribution in [0.25, 0.3) is 60.9 Å². The summed E-state index contributed by atoms with van der Waals surface area (Å²) in [5, 5.41) is 2.41. The fourth-order valence-corrected chi connectivity index (χ4v) is 10.3. The first-order chi connectivity index (χ1) is 31.3. The van der Waals surface area contributed by atoms with E-state index in [9.17, 15) is 0 Å². The third-order valence-corrected chi connectivity index (χ3v) is 13.1. The smallest absolute Gasteiger partial charge is 0.0713 e. The topological polar surface area (TPSA) is 8.17 Å². The largest absolute Gasteiger partial charge is 0.310 e. The first-order valence-electron chi connectivity index (χ1n) is 21.8. The van der Waals surface area contributed by atoms with Crippen LogP contribution in [0, 0.1) is 0 Å². The number of aromatic nitrogens is 1. The van der Waals surface area contributed by atoms with Crippen LogP contribution in [0.4, 0.5) is 17.1 Å². The third kappa shape index (κ3) is 5.95. The zero-order valence-electron chi connectivity index (χ0n) is 34.6. The van der Waals surface area contributed by atoms with Crippen molar-refractivity contribution in [3.05, 3.63) is 277 Å². The highest BCUT2D eigenvalue weighted by atomic mass is 15.1. The highest BCUT2D eigenvalue weighted by Crippen LogP contribution is 2.56. The summed E-state index contributed by atoms with van der Waals surface area (Å²) in [5.41, 5.74) is 18.7. The van der Waals surface area contributed by atoms with Crippen LogP contribution in [0.5, 0.6) is 0 Å². The van der Waals surface area contributed by atoms with Crippen LogP contribution in [-0.2, 0) is 5.41 Å². The number of anilines is 3. The molecule has 0 bridgehead atoms. The van der Waals surface area contributed by atoms with Crippen molar-refractivity contribution in [3.8, 4) is 39.1 Å². The second kappa shape index (κ2) is 15.1. The molecule has 0 fully saturated rings. The van der Waals surface area contributed by atoms with E-state index < -0.39 is 5.41 Å². The first kappa shape index (κ1) is 36.6. The van der Waals surface area contributed by atoms with E-state index in [0.29, 0.717) is 0 Å². The van der Waals surface area contributed by atoms with Gasteiger partial charge in [0.15, 0.2) is 0 Å². The molecule has 296 valence electrons. The quantitative estimate of drug-likeness (QED) is 0.149. The van der Waals surface area contributed by atoms with Gasteiger partial charge in [-0.2, -0.15) is 0 Å². The van der Waals surface area contributed by atoms with Gasteiger partial charge in [-0.1, -0.05) is 188 Å². The summed E-state index contributed by atoms with van der Waals surface area (Å²) in [7, 11) is 0. The molecule has 63 heavy (non-hydrogen) atoms. The Labute approximate surface area is 368 Å². The first-order valence-corrected chi connectivity index (χ1v) is 21.8. The van der Waals surface area contributed by atoms with Crippen LogP contribution < -0.4 is 4.90 Å². The molecule has 0 N–H and O–H groups in total. The van der Waals surface area contributed by atoms with Crippen LogP contribution >= 0.6 is 0 Å². The Balaban J connectivity index is 1.11. The van der Waals surface area contributed by atoms with E-state index >= 15 is 0 Å². The van der Waals surface area contributed by atoms with Gasteiger partial charge in [-0.05, 0) is 122 Å². The van der Waals surface area contributed by atoms with Gasteiger partial charge in [0.25, 0.3) is 0 Å². The summed E-state index contributed by atoms with van der Waals surface area (Å²) in [6.07, 6.45) is 0. The maximum absolute atomic E-state index is 2.49. The predicted octanol–water partition coefficient (Wildman–Crippen LogP) is 16.0. The number of nitrogens with zero attached hydrogens (tertiary/aromatic N) is 2. The number of hydrogen-bond donors (Lipinski definition) is 0. The molecule has 12 rings (SSSR count). The SMILES string of the molecule is c1ccc(-c2ccc(N(c3cccc(-c4ccccc4)c3)c3ccc4c(c3)c3cc(C5(c6ccccc6)c6ccccc6-c6ccccc65)ccc3n4-c3ccccc3)cc2)cc1. The lowest BCUT2D eigenvalue weighted by Gasteiger charge is -2.34. The van der Waals surface area contributed by atoms with Crippen molar-refractivity contribution < 1.29 is 0 Å². The van der Waals surface area contributed by atoms with E-state index in [1.807, 2.05) is 0 Å². The molecule has 0 radical (unpaired) electrons. The number of benzene rings is 10. The van der Waals surface area contributed by atoms with Gasteiger partial charge in [0, 0.05) is 33.5 Å². The molecule has 10 aromatic carbocycles. The summed E-state index contributed by atoms with van der Waals surface area (Å²) in [6, 6.07) is 93.3. The Bertz CT molecular complexity index is 3380. The number of fused-ring (bicyclic) bond motifs is 6. The molecular formula is C61H42N2. The molecule has 0 atom stereocenters. The molecule has 11 aromatic rings. The van der Waals surface area contributed by atoms with Gasteiger partial charge >= 0.3 is 0 Å². The lowest BCUT2D eigenvalue weighted by atomic mass is 9.67. The molecular weight excluding hydrogens is 761 g/mol. The van der Waals surface area contributed by atoms with Gasteiger partial charge in [-0.25, -0.2) is 0 Å². The van der Waals surface area contributed by atoms with Crippen LogP contribution in [0.3, 0.4) is 0 Å². The van der Waals surface area contributed by atoms with E-state index in [-0.39, 0.29) is 0 Å². The highest BCUT2D eigenvalue weighted by Gasteiger charge is 2.46. The van der Waals surface area contributed by atoms with Crippen molar-refractivity contribution >= 4 is 38.9 Å². The lowest BCUT2D eigenvalue weighted by Crippen LogP contribution is -2.28. The molecule has 0 amide bonds. The monoisotopic (exact) mass is 802 g/mol. The minimum atomic E-state index is -0.508. The van der Waals surface area contributed by atoms with E-state index in [1.54, 1.807) is 0 Å². The molecule has 0 unspecified atom stereocenters. The minimum Gasteiger partial charge on any atom is -0.310 e. The lowest BCUT2D eigenvalue weighted by molar-refractivity contribution is 0.770. The molecule has 0 aliphatic heterocycles. The summed E-state index contributed by atoms with van der Waals surface area (Å²) in [5.74, 6) is 0. The van der Waals surface area contributed by atoms with E-state index in [1.165, 1.54) is 71.9 Å². The summed E-state index contributed by atoms with van der Waals surface area (Å²) >= 11 is 0. The Kier molecular flexibility index (Phi) is 8.76. The fourth-order valence-electron chi connectivity index (χ4n) is 10.3. The minimum absolute atomic E-state index is 0.508. The van der Waals surface area contributed by atoms with Crippen molar-refractivity contribution in [1.82, 2.24) is 4.57 Å². The van der Waals surface area contributed by atoms with Gasteiger partial charge < -0.3 is 9.47 Å². The standard InChI is InChI=1S/C61H42N2/c1-5-18-43(19-6-1)45-32-35-50(36-33-45)62(51-27-17-22-46(40-51)44-20-7-2-8-21-44)52-37-39-60-56(42-52)55-41-48(34-38-59(55)63(60)49-25-11-4-12-26-49)61(47-23-9-3-10-24-47)57-30-15-13-28-53(57)54-29-14-16-31-58(54)61/h1-42H. The maximum Gasteiger partial charge on any atom is 0.0713 e. The molecule has 1 aliphatic rings. The number of rotatable bonds is 8. The molecule has 0 saturated carbocycles. The Hall–Kier alpha value is -8.20. The van der Waals surface area contributed by atoms with Crippen LogP contribution in [-0.4, -0.2) is 4.57 Å². The summed E-state index contributed by atoms with van der Waals surface area (Å²) < 4.78 is 2.43. The number of para-hydroxylation sites is 1. The number of hydrogen-bond acceptors (Lipinski definition) is 1. The highest BCUT2D eigenvalue weighted by molar-refractivity contribution is 6.11. The van der Waals surface area contributed by atoms with Crippen molar-refractivity contribution in [2.24, 2.45) is 0 Å². The van der Waals surface area contributed by atoms with Gasteiger partial charge in [0.1, 0.15) is 0 Å². The van der Waals surface area contributed by atoms with E-state index in [2.05, 4.69) is 264 Å². The normalized spacial score (nSPS) is 12.6. The van der Waals surface area contributed by atoms with Gasteiger partial charge in [0.2, 0.25) is 0 Å². The zero-order chi connectivity index (χ0) is 41.7. The van der Waals surface area contributed by atoms with Crippen molar-refractivity contribution in [1.29, 1.82) is 0 Å². The Morgan fingerprint density at radius 2 is 0.778 bits per heavy atom. The molecule has 1 aromatic heterocycles. The Morgan fingerprint density at radius 3 is 1.43 bits per heavy atom. The van der Waals surface area contributed by atoms with Crippen LogP contribution in [0.2, 0.25) is 0 Å². The van der Waals surface area contributed by atoms with Crippen molar-refractivity contribution in [2.75, 3.05) is 4.90 Å². The molecule has 0 spiro atoms. The third-order valence-electron chi connectivity index (χ3n) is 13.1. The maximum atomic E-state index is 2.49. The molecule has 1 heterocycles. The molecule has 2 nitrogen and oxygen atoms in total. The Morgan fingerprint density at radius 1 is 0.302 bits per heavy atom. The average molecular weight is 803 g/mol. The second-order valence-corrected chi connectivity index (χ2v) is 16.5. The van der Waals surface area contributed by atoms with Gasteiger partial charge in [-0.15, -0.1) is 0 Å². The fraction of sp³-hybridized carbons (Fsp3) is 0.0164. The average Bonchev–Trinajstić information content (AvgIpc) is 3.86. The van der Waals surface area contributed by atoms with Crippen molar-refractivity contribution in [2.45, 2.75) is 5.41 Å². The van der Waals surface area contributed by atoms with E-state index in [4.69, 9.17) is 0 Å². The zero-order valence-corrected chi connectivity index (χ0v) is 34.6. The van der Waals surface area contributed by atoms with Gasteiger partial charge in [0.05, 0.1) is 16.4 Å². The van der Waals surface area contributed by atoms with Crippen LogP contribution in [0.15, 0.2) is 255 Å². The predicted molar refractivity (Wildman–Crippen MR) is 264 cm³/mol. The molecule has 2 heteroatoms. The van der Waals surface area contributed by atoms with Crippen molar-refractivity contribution in [3.63, 3.8) is 0 Å². The second-order valence-electron chi connectivity index (χ2n) is 16.5. The van der Waals surface area contributed by atoms with E-state index in [0.717, 1.165) is 28.3 Å². The molecule has 0 saturated heterocycles. The summed E-state index contributed by atoms with van der Waals surface area (Å²) in [6.45, 7) is 0. The molecule has 1 aliphatic carbocycles. The summed E-state index contributed by atoms with van der Waals surface area (Å²) in [4.78, 5) is 2.41. The van der Waals surface area contributed by atoms with Gasteiger partial charge in [-0.3, -0.25) is 0 Å². The van der Waals surface area contributed by atoms with Crippen LogP contribution in [0.1, 0.15) is 22.3 Å².